The lowest BCUT2D eigenvalue weighted by Gasteiger charge is -2.35. The van der Waals surface area contributed by atoms with Crippen LogP contribution in [0.3, 0.4) is 0 Å². The monoisotopic (exact) mass is 388 g/mol. The molecule has 3 atom stereocenters. The number of hydrogen-bond acceptors (Lipinski definition) is 3. The summed E-state index contributed by atoms with van der Waals surface area (Å²) in [6, 6.07) is 14.8. The normalized spacial score (nSPS) is 25.2. The Kier molecular flexibility index (Phi) is 5.43. The van der Waals surface area contributed by atoms with Crippen LogP contribution in [0, 0.1) is 5.82 Å². The molecule has 1 N–H and O–H groups in total. The number of amides is 1. The summed E-state index contributed by atoms with van der Waals surface area (Å²) in [5, 5.41) is 3.38. The van der Waals surface area contributed by atoms with E-state index in [1.807, 2.05) is 18.2 Å². The standard InChI is InChI=1S/C21H22ClFN2O2/c22-19-9-16(23)7-6-15(19)8-21(26)24-17-10-18-13-27-20(12-25(18)11-17)14-4-2-1-3-5-14/h1-7,9,17-18,20H,8,10-13H2,(H,24,26)/t17-,18+,20-/m1/s1. The third-order valence-corrected chi connectivity index (χ3v) is 5.67. The number of nitrogens with one attached hydrogen (secondary N) is 1. The van der Waals surface area contributed by atoms with Gasteiger partial charge in [-0.2, -0.15) is 0 Å². The first-order valence-electron chi connectivity index (χ1n) is 9.22. The van der Waals surface area contributed by atoms with Crippen molar-refractivity contribution in [3.63, 3.8) is 0 Å². The summed E-state index contributed by atoms with van der Waals surface area (Å²) < 4.78 is 19.2. The molecule has 2 heterocycles. The third kappa shape index (κ3) is 4.32. The van der Waals surface area contributed by atoms with Crippen molar-refractivity contribution in [1.82, 2.24) is 10.2 Å². The number of carbonyl (C=O) groups excluding carboxylic acids is 1. The van der Waals surface area contributed by atoms with Crippen LogP contribution in [0.15, 0.2) is 48.5 Å². The van der Waals surface area contributed by atoms with Crippen molar-refractivity contribution >= 4 is 17.5 Å². The SMILES string of the molecule is O=C(Cc1ccc(F)cc1Cl)N[C@@H]1C[C@H]2CO[C@@H](c3ccccc3)CN2C1. The molecule has 2 aliphatic heterocycles. The van der Waals surface area contributed by atoms with Crippen LogP contribution in [0.4, 0.5) is 4.39 Å². The molecule has 0 saturated carbocycles. The molecule has 2 aliphatic rings. The number of carbonyl (C=O) groups is 1. The highest BCUT2D eigenvalue weighted by Gasteiger charge is 2.38. The van der Waals surface area contributed by atoms with Gasteiger partial charge in [0, 0.05) is 30.2 Å². The Morgan fingerprint density at radius 2 is 2.04 bits per heavy atom. The van der Waals surface area contributed by atoms with Crippen LogP contribution in [0.25, 0.3) is 0 Å². The molecule has 2 aromatic rings. The number of ether oxygens (including phenoxy) is 1. The van der Waals surface area contributed by atoms with Crippen LogP contribution in [0.5, 0.6) is 0 Å². The highest BCUT2D eigenvalue weighted by atomic mass is 35.5. The van der Waals surface area contributed by atoms with Gasteiger partial charge in [-0.05, 0) is 29.7 Å². The van der Waals surface area contributed by atoms with Gasteiger partial charge in [0.15, 0.2) is 0 Å². The van der Waals surface area contributed by atoms with Crippen LogP contribution in [0.1, 0.15) is 23.7 Å². The van der Waals surface area contributed by atoms with Gasteiger partial charge in [-0.1, -0.05) is 48.0 Å². The number of benzene rings is 2. The predicted molar refractivity (Wildman–Crippen MR) is 102 cm³/mol. The van der Waals surface area contributed by atoms with E-state index >= 15 is 0 Å². The van der Waals surface area contributed by atoms with Crippen molar-refractivity contribution in [3.05, 3.63) is 70.5 Å². The fraction of sp³-hybridized carbons (Fsp3) is 0.381. The van der Waals surface area contributed by atoms with Gasteiger partial charge < -0.3 is 10.1 Å². The van der Waals surface area contributed by atoms with Crippen molar-refractivity contribution in [2.24, 2.45) is 0 Å². The zero-order chi connectivity index (χ0) is 18.8. The molecule has 0 aliphatic carbocycles. The Morgan fingerprint density at radius 1 is 1.22 bits per heavy atom. The van der Waals surface area contributed by atoms with Crippen molar-refractivity contribution < 1.29 is 13.9 Å². The summed E-state index contributed by atoms with van der Waals surface area (Å²) in [5.74, 6) is -0.487. The fourth-order valence-electron chi connectivity index (χ4n) is 3.96. The molecule has 2 aromatic carbocycles. The summed E-state index contributed by atoms with van der Waals surface area (Å²) in [7, 11) is 0. The van der Waals surface area contributed by atoms with E-state index in [4.69, 9.17) is 16.3 Å². The summed E-state index contributed by atoms with van der Waals surface area (Å²) in [4.78, 5) is 14.8. The summed E-state index contributed by atoms with van der Waals surface area (Å²) in [5.41, 5.74) is 1.83. The average molecular weight is 389 g/mol. The Bertz CT molecular complexity index is 817. The second-order valence-electron chi connectivity index (χ2n) is 7.25. The topological polar surface area (TPSA) is 41.6 Å². The largest absolute Gasteiger partial charge is 0.371 e. The fourth-order valence-corrected chi connectivity index (χ4v) is 4.20. The van der Waals surface area contributed by atoms with Crippen LogP contribution in [-0.4, -0.2) is 42.6 Å². The first-order chi connectivity index (χ1) is 13.1. The molecule has 0 aromatic heterocycles. The van der Waals surface area contributed by atoms with Crippen molar-refractivity contribution in [2.75, 3.05) is 19.7 Å². The maximum absolute atomic E-state index is 13.1. The average Bonchev–Trinajstić information content (AvgIpc) is 3.06. The minimum absolute atomic E-state index is 0.0786. The summed E-state index contributed by atoms with van der Waals surface area (Å²) >= 11 is 6.02. The molecule has 0 unspecified atom stereocenters. The minimum Gasteiger partial charge on any atom is -0.371 e. The molecule has 0 spiro atoms. The van der Waals surface area contributed by atoms with E-state index in [0.29, 0.717) is 18.2 Å². The highest BCUT2D eigenvalue weighted by Crippen LogP contribution is 2.30. The van der Waals surface area contributed by atoms with Gasteiger partial charge in [0.1, 0.15) is 5.82 Å². The third-order valence-electron chi connectivity index (χ3n) is 5.32. The van der Waals surface area contributed by atoms with Crippen molar-refractivity contribution in [2.45, 2.75) is 31.0 Å². The molecule has 4 nitrogen and oxygen atoms in total. The molecule has 0 radical (unpaired) electrons. The molecule has 2 saturated heterocycles. The first kappa shape index (κ1) is 18.4. The van der Waals surface area contributed by atoms with Gasteiger partial charge in [-0.3, -0.25) is 9.69 Å². The number of hydrogen-bond donors (Lipinski definition) is 1. The molecule has 27 heavy (non-hydrogen) atoms. The molecule has 0 bridgehead atoms. The smallest absolute Gasteiger partial charge is 0.224 e. The number of rotatable bonds is 4. The zero-order valence-corrected chi connectivity index (χ0v) is 15.7. The van der Waals surface area contributed by atoms with E-state index < -0.39 is 5.82 Å². The van der Waals surface area contributed by atoms with Crippen LogP contribution < -0.4 is 5.32 Å². The Morgan fingerprint density at radius 3 is 2.81 bits per heavy atom. The van der Waals surface area contributed by atoms with Crippen LogP contribution >= 0.6 is 11.6 Å². The molecule has 4 rings (SSSR count). The van der Waals surface area contributed by atoms with Crippen LogP contribution in [-0.2, 0) is 16.0 Å². The number of fused-ring (bicyclic) bond motifs is 1. The maximum atomic E-state index is 13.1. The van der Waals surface area contributed by atoms with Gasteiger partial charge in [0.2, 0.25) is 5.91 Å². The lowest BCUT2D eigenvalue weighted by atomic mass is 10.1. The van der Waals surface area contributed by atoms with Crippen molar-refractivity contribution in [1.29, 1.82) is 0 Å². The highest BCUT2D eigenvalue weighted by molar-refractivity contribution is 6.31. The van der Waals surface area contributed by atoms with Gasteiger partial charge in [0.25, 0.3) is 0 Å². The molecular weight excluding hydrogens is 367 g/mol. The summed E-state index contributed by atoms with van der Waals surface area (Å²) in [6.45, 7) is 2.33. The molecule has 142 valence electrons. The van der Waals surface area contributed by atoms with E-state index in [0.717, 1.165) is 19.5 Å². The predicted octanol–water partition coefficient (Wildman–Crippen LogP) is 3.35. The molecule has 6 heteroatoms. The maximum Gasteiger partial charge on any atom is 0.224 e. The molecule has 1 amide bonds. The van der Waals surface area contributed by atoms with Gasteiger partial charge in [-0.25, -0.2) is 4.39 Å². The van der Waals surface area contributed by atoms with E-state index in [1.165, 1.54) is 17.7 Å². The number of morpholine rings is 1. The minimum atomic E-state index is -0.398. The lowest BCUT2D eigenvalue weighted by Crippen LogP contribution is -2.43. The second kappa shape index (κ2) is 7.97. The zero-order valence-electron chi connectivity index (χ0n) is 14.9. The molecular formula is C21H22ClFN2O2. The second-order valence-corrected chi connectivity index (χ2v) is 7.66. The van der Waals surface area contributed by atoms with Gasteiger partial charge >= 0.3 is 0 Å². The Hall–Kier alpha value is -1.95. The number of halogens is 2. The number of nitrogens with zero attached hydrogens (tertiary/aromatic N) is 1. The van der Waals surface area contributed by atoms with Gasteiger partial charge in [0.05, 0.1) is 19.1 Å². The van der Waals surface area contributed by atoms with Crippen molar-refractivity contribution in [3.8, 4) is 0 Å². The van der Waals surface area contributed by atoms with Gasteiger partial charge in [-0.15, -0.1) is 0 Å². The Labute approximate surface area is 163 Å². The quantitative estimate of drug-likeness (QED) is 0.873. The van der Waals surface area contributed by atoms with E-state index in [-0.39, 0.29) is 29.5 Å². The lowest BCUT2D eigenvalue weighted by molar-refractivity contribution is -0.121. The van der Waals surface area contributed by atoms with E-state index in [1.54, 1.807) is 6.07 Å². The van der Waals surface area contributed by atoms with E-state index in [9.17, 15) is 9.18 Å². The Balaban J connectivity index is 1.32. The summed E-state index contributed by atoms with van der Waals surface area (Å²) in [6.07, 6.45) is 1.11. The first-order valence-corrected chi connectivity index (χ1v) is 9.60. The van der Waals surface area contributed by atoms with E-state index in [2.05, 4.69) is 22.3 Å². The van der Waals surface area contributed by atoms with Crippen LogP contribution in [0.2, 0.25) is 5.02 Å². The molecule has 2 fully saturated rings.